The highest BCUT2D eigenvalue weighted by Crippen LogP contribution is 2.29. The van der Waals surface area contributed by atoms with Crippen molar-refractivity contribution in [2.24, 2.45) is 0 Å². The van der Waals surface area contributed by atoms with Gasteiger partial charge in [-0.2, -0.15) is 0 Å². The van der Waals surface area contributed by atoms with Crippen molar-refractivity contribution >= 4 is 16.9 Å². The number of likely N-dealkylation sites (tertiary alicyclic amines) is 1. The predicted octanol–water partition coefficient (Wildman–Crippen LogP) is 2.81. The van der Waals surface area contributed by atoms with E-state index in [1.165, 1.54) is 0 Å². The van der Waals surface area contributed by atoms with E-state index < -0.39 is 0 Å². The van der Waals surface area contributed by atoms with Gasteiger partial charge in [0, 0.05) is 31.0 Å². The highest BCUT2D eigenvalue weighted by molar-refractivity contribution is 6.06. The van der Waals surface area contributed by atoms with Gasteiger partial charge in [0.25, 0.3) is 5.91 Å². The molecule has 0 aliphatic carbocycles. The number of carbonyl (C=O) groups is 1. The largest absolute Gasteiger partial charge is 0.339 e. The zero-order valence-corrected chi connectivity index (χ0v) is 13.0. The third-order valence-electron chi connectivity index (χ3n) is 4.61. The van der Waals surface area contributed by atoms with E-state index in [1.54, 1.807) is 12.5 Å². The third-order valence-corrected chi connectivity index (χ3v) is 4.61. The van der Waals surface area contributed by atoms with E-state index >= 15 is 0 Å². The summed E-state index contributed by atoms with van der Waals surface area (Å²) in [6.07, 6.45) is 8.44. The van der Waals surface area contributed by atoms with Gasteiger partial charge in [-0.3, -0.25) is 4.79 Å². The maximum absolute atomic E-state index is 12.7. The molecule has 1 aliphatic rings. The molecule has 0 spiro atoms. The van der Waals surface area contributed by atoms with Crippen LogP contribution in [0, 0.1) is 0 Å². The number of carbonyl (C=O) groups excluding carboxylic acids is 1. The topological polar surface area (TPSA) is 51.0 Å². The van der Waals surface area contributed by atoms with Crippen LogP contribution < -0.4 is 0 Å². The summed E-state index contributed by atoms with van der Waals surface area (Å²) >= 11 is 0. The fourth-order valence-electron chi connectivity index (χ4n) is 2.86. The smallest absolute Gasteiger partial charge is 0.256 e. The number of amides is 1. The van der Waals surface area contributed by atoms with Crippen molar-refractivity contribution in [3.05, 3.63) is 24.3 Å². The summed E-state index contributed by atoms with van der Waals surface area (Å²) in [5.74, 6) is 0.109. The fraction of sp³-hybridized carbons (Fsp3) is 0.562. The summed E-state index contributed by atoms with van der Waals surface area (Å²) < 4.78 is 2.12. The monoisotopic (exact) mass is 286 g/mol. The Balaban J connectivity index is 2.13. The lowest BCUT2D eigenvalue weighted by Gasteiger charge is -2.25. The molecule has 3 rings (SSSR count). The molecule has 2 aromatic heterocycles. The van der Waals surface area contributed by atoms with Gasteiger partial charge in [-0.1, -0.05) is 6.92 Å². The molecule has 5 heteroatoms. The summed E-state index contributed by atoms with van der Waals surface area (Å²) in [6.45, 7) is 8.19. The number of hydrogen-bond donors (Lipinski definition) is 0. The Labute approximate surface area is 125 Å². The van der Waals surface area contributed by atoms with Gasteiger partial charge in [0.2, 0.25) is 0 Å². The normalized spacial score (nSPS) is 15.9. The quantitative estimate of drug-likeness (QED) is 0.871. The van der Waals surface area contributed by atoms with Gasteiger partial charge in [0.1, 0.15) is 12.0 Å². The number of fused-ring (bicyclic) bond motifs is 1. The lowest BCUT2D eigenvalue weighted by molar-refractivity contribution is 0.0794. The molecule has 112 valence electrons. The van der Waals surface area contributed by atoms with Crippen LogP contribution in [0.5, 0.6) is 0 Å². The molecule has 0 saturated carbocycles. The van der Waals surface area contributed by atoms with E-state index in [0.29, 0.717) is 0 Å². The molecule has 1 saturated heterocycles. The molecule has 0 aromatic carbocycles. The molecule has 1 amide bonds. The van der Waals surface area contributed by atoms with E-state index in [1.807, 2.05) is 11.1 Å². The van der Waals surface area contributed by atoms with Crippen molar-refractivity contribution in [3.63, 3.8) is 0 Å². The van der Waals surface area contributed by atoms with Crippen LogP contribution in [0.15, 0.2) is 18.7 Å². The first-order valence-corrected chi connectivity index (χ1v) is 7.65. The molecule has 21 heavy (non-hydrogen) atoms. The number of hydrogen-bond acceptors (Lipinski definition) is 3. The molecule has 0 N–H and O–H groups in total. The summed E-state index contributed by atoms with van der Waals surface area (Å²) in [7, 11) is 0. The number of aromatic nitrogens is 3. The highest BCUT2D eigenvalue weighted by atomic mass is 16.2. The van der Waals surface area contributed by atoms with E-state index in [9.17, 15) is 4.79 Å². The van der Waals surface area contributed by atoms with Crippen LogP contribution in [0.2, 0.25) is 0 Å². The van der Waals surface area contributed by atoms with Crippen LogP contribution in [0.1, 0.15) is 50.4 Å². The SMILES string of the molecule is CCC(C)(C)n1cc(C(=O)N2CCCC2)c2cncnc21. The Hall–Kier alpha value is -1.91. The van der Waals surface area contributed by atoms with Crippen molar-refractivity contribution in [2.75, 3.05) is 13.1 Å². The van der Waals surface area contributed by atoms with Crippen LogP contribution in [-0.4, -0.2) is 38.4 Å². The second-order valence-corrected chi connectivity index (χ2v) is 6.34. The first kappa shape index (κ1) is 14.0. The molecule has 2 aromatic rings. The predicted molar refractivity (Wildman–Crippen MR) is 82.3 cm³/mol. The average molecular weight is 286 g/mol. The standard InChI is InChI=1S/C16H22N4O/c1-4-16(2,3)20-10-13(12-9-17-11-18-14(12)20)15(21)19-7-5-6-8-19/h9-11H,4-8H2,1-3H3. The minimum absolute atomic E-state index is 0.0733. The van der Waals surface area contributed by atoms with E-state index in [0.717, 1.165) is 48.9 Å². The Kier molecular flexibility index (Phi) is 3.43. The van der Waals surface area contributed by atoms with Crippen molar-refractivity contribution < 1.29 is 4.79 Å². The van der Waals surface area contributed by atoms with Crippen molar-refractivity contribution in [3.8, 4) is 0 Å². The minimum Gasteiger partial charge on any atom is -0.339 e. The Morgan fingerprint density at radius 1 is 1.33 bits per heavy atom. The second kappa shape index (κ2) is 5.13. The molecule has 0 radical (unpaired) electrons. The number of rotatable bonds is 3. The van der Waals surface area contributed by atoms with Crippen LogP contribution in [-0.2, 0) is 5.54 Å². The van der Waals surface area contributed by atoms with E-state index in [2.05, 4.69) is 35.3 Å². The molecule has 0 bridgehead atoms. The van der Waals surface area contributed by atoms with Gasteiger partial charge in [-0.25, -0.2) is 9.97 Å². The van der Waals surface area contributed by atoms with Gasteiger partial charge in [0.05, 0.1) is 10.9 Å². The molecule has 1 fully saturated rings. The molecule has 0 unspecified atom stereocenters. The van der Waals surface area contributed by atoms with Gasteiger partial charge < -0.3 is 9.47 Å². The molecule has 0 atom stereocenters. The van der Waals surface area contributed by atoms with Crippen molar-refractivity contribution in [1.29, 1.82) is 0 Å². The molecular weight excluding hydrogens is 264 g/mol. The average Bonchev–Trinajstić information content (AvgIpc) is 3.14. The summed E-state index contributed by atoms with van der Waals surface area (Å²) in [5, 5.41) is 0.857. The van der Waals surface area contributed by atoms with Crippen LogP contribution in [0.4, 0.5) is 0 Å². The third kappa shape index (κ3) is 2.30. The second-order valence-electron chi connectivity index (χ2n) is 6.34. The van der Waals surface area contributed by atoms with E-state index in [-0.39, 0.29) is 11.4 Å². The van der Waals surface area contributed by atoms with Gasteiger partial charge >= 0.3 is 0 Å². The maximum Gasteiger partial charge on any atom is 0.256 e. The molecule has 5 nitrogen and oxygen atoms in total. The maximum atomic E-state index is 12.7. The van der Waals surface area contributed by atoms with E-state index in [4.69, 9.17) is 0 Å². The van der Waals surface area contributed by atoms with Crippen LogP contribution in [0.25, 0.3) is 11.0 Å². The summed E-state index contributed by atoms with van der Waals surface area (Å²) in [5.41, 5.74) is 1.50. The van der Waals surface area contributed by atoms with Gasteiger partial charge in [-0.15, -0.1) is 0 Å². The Morgan fingerprint density at radius 2 is 2.05 bits per heavy atom. The zero-order valence-electron chi connectivity index (χ0n) is 13.0. The fourth-order valence-corrected chi connectivity index (χ4v) is 2.86. The van der Waals surface area contributed by atoms with Crippen molar-refractivity contribution in [1.82, 2.24) is 19.4 Å². The van der Waals surface area contributed by atoms with Crippen LogP contribution in [0.3, 0.4) is 0 Å². The van der Waals surface area contributed by atoms with Gasteiger partial charge in [-0.05, 0) is 33.1 Å². The lowest BCUT2D eigenvalue weighted by atomic mass is 10.0. The minimum atomic E-state index is -0.0733. The van der Waals surface area contributed by atoms with Gasteiger partial charge in [0.15, 0.2) is 0 Å². The Bertz CT molecular complexity index is 668. The molecule has 3 heterocycles. The lowest BCUT2D eigenvalue weighted by Crippen LogP contribution is -2.28. The molecule has 1 aliphatic heterocycles. The number of nitrogens with zero attached hydrogens (tertiary/aromatic N) is 4. The zero-order chi connectivity index (χ0) is 15.0. The first-order chi connectivity index (χ1) is 10.0. The first-order valence-electron chi connectivity index (χ1n) is 7.65. The summed E-state index contributed by atoms with van der Waals surface area (Å²) in [4.78, 5) is 23.2. The summed E-state index contributed by atoms with van der Waals surface area (Å²) in [6, 6.07) is 0. The van der Waals surface area contributed by atoms with Crippen molar-refractivity contribution in [2.45, 2.75) is 45.6 Å². The highest BCUT2D eigenvalue weighted by Gasteiger charge is 2.27. The Morgan fingerprint density at radius 3 is 2.71 bits per heavy atom. The molecular formula is C16H22N4O. The van der Waals surface area contributed by atoms with Crippen LogP contribution >= 0.6 is 0 Å².